The number of rotatable bonds is 4. The standard InChI is InChI=1S/C15H18F2N2/c1-4-9(2)10-5-6-12-11(7-10)13(18-3)8-14(19-12)15(16)17/h5-9,15H,4H2,1-3H3,(H,18,19). The van der Waals surface area contributed by atoms with Gasteiger partial charge in [-0.3, -0.25) is 0 Å². The van der Waals surface area contributed by atoms with E-state index >= 15 is 0 Å². The molecule has 0 spiro atoms. The Morgan fingerprint density at radius 2 is 2.00 bits per heavy atom. The van der Waals surface area contributed by atoms with Gasteiger partial charge in [-0.15, -0.1) is 0 Å². The van der Waals surface area contributed by atoms with Gasteiger partial charge in [-0.05, 0) is 36.1 Å². The average molecular weight is 264 g/mol. The number of nitrogens with zero attached hydrogens (tertiary/aromatic N) is 1. The first-order valence-electron chi connectivity index (χ1n) is 6.47. The summed E-state index contributed by atoms with van der Waals surface area (Å²) in [4.78, 5) is 4.02. The Balaban J connectivity index is 2.62. The maximum absolute atomic E-state index is 12.8. The molecule has 0 saturated carbocycles. The molecule has 19 heavy (non-hydrogen) atoms. The maximum atomic E-state index is 12.8. The summed E-state index contributed by atoms with van der Waals surface area (Å²) in [6.45, 7) is 4.28. The van der Waals surface area contributed by atoms with Crippen LogP contribution in [0, 0.1) is 0 Å². The first-order chi connectivity index (χ1) is 9.06. The Labute approximate surface area is 111 Å². The highest BCUT2D eigenvalue weighted by atomic mass is 19.3. The molecule has 102 valence electrons. The molecule has 0 aliphatic carbocycles. The van der Waals surface area contributed by atoms with Crippen molar-refractivity contribution in [2.45, 2.75) is 32.6 Å². The number of anilines is 1. The quantitative estimate of drug-likeness (QED) is 0.863. The zero-order valence-electron chi connectivity index (χ0n) is 11.4. The minimum Gasteiger partial charge on any atom is -0.388 e. The Kier molecular flexibility index (Phi) is 3.98. The third-order valence-corrected chi connectivity index (χ3v) is 3.53. The van der Waals surface area contributed by atoms with Crippen molar-refractivity contribution in [3.8, 4) is 0 Å². The Bertz CT molecular complexity index is 582. The second-order valence-electron chi connectivity index (χ2n) is 4.73. The van der Waals surface area contributed by atoms with Gasteiger partial charge < -0.3 is 5.32 Å². The van der Waals surface area contributed by atoms with Crippen molar-refractivity contribution in [1.82, 2.24) is 4.98 Å². The molecule has 1 aromatic heterocycles. The topological polar surface area (TPSA) is 24.9 Å². The van der Waals surface area contributed by atoms with Crippen molar-refractivity contribution in [3.63, 3.8) is 0 Å². The molecule has 1 unspecified atom stereocenters. The highest BCUT2D eigenvalue weighted by Gasteiger charge is 2.13. The number of pyridine rings is 1. The van der Waals surface area contributed by atoms with Crippen LogP contribution in [0.4, 0.5) is 14.5 Å². The van der Waals surface area contributed by atoms with Crippen molar-refractivity contribution >= 4 is 16.6 Å². The van der Waals surface area contributed by atoms with Crippen LogP contribution >= 0.6 is 0 Å². The molecule has 0 amide bonds. The lowest BCUT2D eigenvalue weighted by Crippen LogP contribution is -1.99. The highest BCUT2D eigenvalue weighted by Crippen LogP contribution is 2.30. The van der Waals surface area contributed by atoms with Crippen molar-refractivity contribution < 1.29 is 8.78 Å². The van der Waals surface area contributed by atoms with Gasteiger partial charge in [0, 0.05) is 18.1 Å². The summed E-state index contributed by atoms with van der Waals surface area (Å²) in [5, 5.41) is 3.87. The van der Waals surface area contributed by atoms with Gasteiger partial charge in [0.05, 0.1) is 5.52 Å². The second-order valence-corrected chi connectivity index (χ2v) is 4.73. The van der Waals surface area contributed by atoms with E-state index in [9.17, 15) is 8.78 Å². The molecule has 4 heteroatoms. The molecule has 0 fully saturated rings. The molecule has 1 aromatic carbocycles. The summed E-state index contributed by atoms with van der Waals surface area (Å²) in [5.41, 5.74) is 2.32. The summed E-state index contributed by atoms with van der Waals surface area (Å²) in [6, 6.07) is 7.26. The van der Waals surface area contributed by atoms with Crippen LogP contribution in [0.5, 0.6) is 0 Å². The van der Waals surface area contributed by atoms with Crippen molar-refractivity contribution in [1.29, 1.82) is 0 Å². The molecule has 2 nitrogen and oxygen atoms in total. The lowest BCUT2D eigenvalue weighted by Gasteiger charge is -2.13. The van der Waals surface area contributed by atoms with Crippen molar-refractivity contribution in [2.75, 3.05) is 12.4 Å². The first kappa shape index (κ1) is 13.7. The SMILES string of the molecule is CCC(C)c1ccc2nc(C(F)F)cc(NC)c2c1. The van der Waals surface area contributed by atoms with E-state index in [0.717, 1.165) is 11.8 Å². The number of hydrogen-bond acceptors (Lipinski definition) is 2. The fraction of sp³-hybridized carbons (Fsp3) is 0.400. The summed E-state index contributed by atoms with van der Waals surface area (Å²) in [5.74, 6) is 0.448. The second kappa shape index (κ2) is 5.51. The molecule has 2 aromatic rings. The van der Waals surface area contributed by atoms with Crippen LogP contribution in [-0.4, -0.2) is 12.0 Å². The summed E-state index contributed by atoms with van der Waals surface area (Å²) in [6.07, 6.45) is -1.51. The summed E-state index contributed by atoms with van der Waals surface area (Å²) >= 11 is 0. The molecule has 0 bridgehead atoms. The van der Waals surface area contributed by atoms with Gasteiger partial charge >= 0.3 is 0 Å². The zero-order valence-corrected chi connectivity index (χ0v) is 11.4. The van der Waals surface area contributed by atoms with Gasteiger partial charge in [0.15, 0.2) is 0 Å². The van der Waals surface area contributed by atoms with Crippen LogP contribution < -0.4 is 5.32 Å². The normalized spacial score (nSPS) is 12.9. The fourth-order valence-electron chi connectivity index (χ4n) is 2.12. The summed E-state index contributed by atoms with van der Waals surface area (Å²) < 4.78 is 25.6. The minimum absolute atomic E-state index is 0.187. The molecule has 2 rings (SSSR count). The van der Waals surface area contributed by atoms with E-state index in [-0.39, 0.29) is 5.69 Å². The molecule has 0 aliphatic heterocycles. The van der Waals surface area contributed by atoms with E-state index in [4.69, 9.17) is 0 Å². The van der Waals surface area contributed by atoms with Gasteiger partial charge in [-0.2, -0.15) is 0 Å². The number of benzene rings is 1. The molecular weight excluding hydrogens is 246 g/mol. The fourth-order valence-corrected chi connectivity index (χ4v) is 2.12. The number of aromatic nitrogens is 1. The smallest absolute Gasteiger partial charge is 0.280 e. The molecule has 1 N–H and O–H groups in total. The number of hydrogen-bond donors (Lipinski definition) is 1. The molecule has 0 radical (unpaired) electrons. The largest absolute Gasteiger partial charge is 0.388 e. The van der Waals surface area contributed by atoms with Crippen LogP contribution in [-0.2, 0) is 0 Å². The van der Waals surface area contributed by atoms with E-state index < -0.39 is 6.43 Å². The monoisotopic (exact) mass is 264 g/mol. The van der Waals surface area contributed by atoms with Gasteiger partial charge in [0.1, 0.15) is 5.69 Å². The van der Waals surface area contributed by atoms with Gasteiger partial charge in [0.25, 0.3) is 6.43 Å². The number of alkyl halides is 2. The first-order valence-corrected chi connectivity index (χ1v) is 6.47. The molecule has 1 atom stereocenters. The number of halogens is 2. The lowest BCUT2D eigenvalue weighted by atomic mass is 9.96. The molecule has 1 heterocycles. The lowest BCUT2D eigenvalue weighted by molar-refractivity contribution is 0.146. The third-order valence-electron chi connectivity index (χ3n) is 3.53. The Morgan fingerprint density at radius 1 is 1.26 bits per heavy atom. The van der Waals surface area contributed by atoms with Crippen molar-refractivity contribution in [2.24, 2.45) is 0 Å². The van der Waals surface area contributed by atoms with Crippen LogP contribution in [0.15, 0.2) is 24.3 Å². The van der Waals surface area contributed by atoms with E-state index in [1.54, 1.807) is 7.05 Å². The van der Waals surface area contributed by atoms with E-state index in [1.165, 1.54) is 11.6 Å². The zero-order chi connectivity index (χ0) is 14.0. The van der Waals surface area contributed by atoms with E-state index in [1.807, 2.05) is 18.2 Å². The van der Waals surface area contributed by atoms with Gasteiger partial charge in [-0.1, -0.05) is 19.9 Å². The van der Waals surface area contributed by atoms with Crippen LogP contribution in [0.3, 0.4) is 0 Å². The molecule has 0 saturated heterocycles. The predicted molar refractivity (Wildman–Crippen MR) is 75.0 cm³/mol. The van der Waals surface area contributed by atoms with Crippen LogP contribution in [0.2, 0.25) is 0 Å². The average Bonchev–Trinajstić information content (AvgIpc) is 2.44. The predicted octanol–water partition coefficient (Wildman–Crippen LogP) is 4.73. The van der Waals surface area contributed by atoms with Crippen molar-refractivity contribution in [3.05, 3.63) is 35.5 Å². The third kappa shape index (κ3) is 2.67. The number of nitrogens with one attached hydrogen (secondary N) is 1. The van der Waals surface area contributed by atoms with Gasteiger partial charge in [0.2, 0.25) is 0 Å². The minimum atomic E-state index is -2.55. The summed E-state index contributed by atoms with van der Waals surface area (Å²) in [7, 11) is 1.74. The Morgan fingerprint density at radius 3 is 2.58 bits per heavy atom. The molecular formula is C15H18F2N2. The van der Waals surface area contributed by atoms with Gasteiger partial charge in [-0.25, -0.2) is 13.8 Å². The van der Waals surface area contributed by atoms with Crippen LogP contribution in [0.1, 0.15) is 43.9 Å². The van der Waals surface area contributed by atoms with E-state index in [2.05, 4.69) is 24.1 Å². The van der Waals surface area contributed by atoms with E-state index in [0.29, 0.717) is 17.1 Å². The Hall–Kier alpha value is -1.71. The highest BCUT2D eigenvalue weighted by molar-refractivity contribution is 5.92. The molecule has 0 aliphatic rings. The van der Waals surface area contributed by atoms with Crippen LogP contribution in [0.25, 0.3) is 10.9 Å². The maximum Gasteiger partial charge on any atom is 0.280 e. The number of fused-ring (bicyclic) bond motifs is 1.